The fourth-order valence-corrected chi connectivity index (χ4v) is 4.96. The third-order valence-corrected chi connectivity index (χ3v) is 6.78. The highest BCUT2D eigenvalue weighted by Gasteiger charge is 2.49. The lowest BCUT2D eigenvalue weighted by Gasteiger charge is -2.57. The van der Waals surface area contributed by atoms with Crippen molar-refractivity contribution >= 4 is 11.8 Å². The summed E-state index contributed by atoms with van der Waals surface area (Å²) in [5.41, 5.74) is 0.470. The largest absolute Gasteiger partial charge is 0.497 e. The van der Waals surface area contributed by atoms with E-state index in [0.717, 1.165) is 58.3 Å². The van der Waals surface area contributed by atoms with Crippen LogP contribution in [0.1, 0.15) is 42.5 Å². The van der Waals surface area contributed by atoms with E-state index < -0.39 is 0 Å². The highest BCUT2D eigenvalue weighted by molar-refractivity contribution is 5.97. The Morgan fingerprint density at radius 3 is 2.38 bits per heavy atom. The second-order valence-corrected chi connectivity index (χ2v) is 8.38. The molecule has 7 heteroatoms. The van der Waals surface area contributed by atoms with Gasteiger partial charge in [-0.1, -0.05) is 0 Å². The minimum atomic E-state index is -0.0601. The molecule has 3 aliphatic heterocycles. The van der Waals surface area contributed by atoms with Gasteiger partial charge in [-0.2, -0.15) is 0 Å². The second kappa shape index (κ2) is 8.22. The normalized spacial score (nSPS) is 24.5. The molecule has 3 saturated heterocycles. The monoisotopic (exact) mass is 401 g/mol. The van der Waals surface area contributed by atoms with Crippen LogP contribution in [0.3, 0.4) is 0 Å². The van der Waals surface area contributed by atoms with Crippen LogP contribution < -0.4 is 9.47 Å². The molecule has 0 saturated carbocycles. The third kappa shape index (κ3) is 3.80. The van der Waals surface area contributed by atoms with Crippen molar-refractivity contribution in [2.75, 3.05) is 53.5 Å². The van der Waals surface area contributed by atoms with Gasteiger partial charge in [-0.3, -0.25) is 14.5 Å². The molecule has 0 unspecified atom stereocenters. The topological polar surface area (TPSA) is 62.3 Å². The molecule has 1 atom stereocenters. The number of piperidine rings is 1. The van der Waals surface area contributed by atoms with Gasteiger partial charge in [0, 0.05) is 38.3 Å². The van der Waals surface area contributed by atoms with Gasteiger partial charge in [-0.05, 0) is 50.3 Å². The molecule has 1 spiro atoms. The molecule has 29 heavy (non-hydrogen) atoms. The number of carbonyl (C=O) groups excluding carboxylic acids is 2. The van der Waals surface area contributed by atoms with Crippen molar-refractivity contribution in [3.63, 3.8) is 0 Å². The van der Waals surface area contributed by atoms with E-state index in [0.29, 0.717) is 30.2 Å². The van der Waals surface area contributed by atoms with Crippen molar-refractivity contribution in [3.05, 3.63) is 23.8 Å². The molecule has 0 bridgehead atoms. The van der Waals surface area contributed by atoms with Crippen LogP contribution >= 0.6 is 0 Å². The molecule has 3 aliphatic rings. The zero-order chi connectivity index (χ0) is 20.4. The standard InChI is InChI=1S/C22H31N3O4/c1-28-17-6-7-19(29-2)18(14-17)21(27)24-12-5-8-22(16-24)9-13-25(22)15-20(26)23-10-3-4-11-23/h6-7,14H,3-5,8-13,15-16H2,1-2H3/t22-/m0/s1. The molecule has 7 nitrogen and oxygen atoms in total. The van der Waals surface area contributed by atoms with Gasteiger partial charge >= 0.3 is 0 Å². The van der Waals surface area contributed by atoms with Crippen molar-refractivity contribution in [3.8, 4) is 11.5 Å². The van der Waals surface area contributed by atoms with Crippen molar-refractivity contribution in [1.29, 1.82) is 0 Å². The molecule has 1 aromatic rings. The third-order valence-electron chi connectivity index (χ3n) is 6.78. The summed E-state index contributed by atoms with van der Waals surface area (Å²) in [6.07, 6.45) is 5.26. The van der Waals surface area contributed by atoms with Crippen LogP contribution in [-0.4, -0.2) is 85.5 Å². The van der Waals surface area contributed by atoms with Crippen molar-refractivity contribution in [2.45, 2.75) is 37.6 Å². The number of ether oxygens (including phenoxy) is 2. The summed E-state index contributed by atoms with van der Waals surface area (Å²) < 4.78 is 10.7. The highest BCUT2D eigenvalue weighted by Crippen LogP contribution is 2.39. The first-order valence-electron chi connectivity index (χ1n) is 10.6. The van der Waals surface area contributed by atoms with E-state index in [9.17, 15) is 9.59 Å². The van der Waals surface area contributed by atoms with Crippen LogP contribution in [0.5, 0.6) is 11.5 Å². The number of hydrogen-bond donors (Lipinski definition) is 0. The molecule has 0 radical (unpaired) electrons. The summed E-state index contributed by atoms with van der Waals surface area (Å²) in [5.74, 6) is 1.41. The second-order valence-electron chi connectivity index (χ2n) is 8.38. The molecule has 1 aromatic carbocycles. The molecular weight excluding hydrogens is 370 g/mol. The summed E-state index contributed by atoms with van der Waals surface area (Å²) in [7, 11) is 3.17. The number of rotatable bonds is 5. The lowest BCUT2D eigenvalue weighted by atomic mass is 9.77. The van der Waals surface area contributed by atoms with Crippen LogP contribution in [0.15, 0.2) is 18.2 Å². The Bertz CT molecular complexity index is 777. The highest BCUT2D eigenvalue weighted by atomic mass is 16.5. The van der Waals surface area contributed by atoms with Crippen LogP contribution in [-0.2, 0) is 4.79 Å². The lowest BCUT2D eigenvalue weighted by molar-refractivity contribution is -0.138. The van der Waals surface area contributed by atoms with E-state index in [1.165, 1.54) is 0 Å². The number of benzene rings is 1. The van der Waals surface area contributed by atoms with Gasteiger partial charge < -0.3 is 19.3 Å². The Hall–Kier alpha value is -2.28. The molecular formula is C22H31N3O4. The zero-order valence-corrected chi connectivity index (χ0v) is 17.5. The zero-order valence-electron chi connectivity index (χ0n) is 17.5. The molecule has 3 heterocycles. The predicted octanol–water partition coefficient (Wildman–Crippen LogP) is 2.01. The molecule has 2 amide bonds. The Labute approximate surface area is 172 Å². The quantitative estimate of drug-likeness (QED) is 0.755. The van der Waals surface area contributed by atoms with Gasteiger partial charge in [0.15, 0.2) is 0 Å². The summed E-state index contributed by atoms with van der Waals surface area (Å²) in [6.45, 7) is 4.59. The Morgan fingerprint density at radius 1 is 0.966 bits per heavy atom. The van der Waals surface area contributed by atoms with Crippen molar-refractivity contribution < 1.29 is 19.1 Å². The van der Waals surface area contributed by atoms with E-state index in [-0.39, 0.29) is 17.4 Å². The first-order valence-corrected chi connectivity index (χ1v) is 10.6. The van der Waals surface area contributed by atoms with Crippen LogP contribution in [0.25, 0.3) is 0 Å². The van der Waals surface area contributed by atoms with E-state index in [1.807, 2.05) is 9.80 Å². The molecule has 4 rings (SSSR count). The molecule has 158 valence electrons. The first kappa shape index (κ1) is 20.0. The Morgan fingerprint density at radius 2 is 1.72 bits per heavy atom. The van der Waals surface area contributed by atoms with Gasteiger partial charge in [0.1, 0.15) is 11.5 Å². The number of methoxy groups -OCH3 is 2. The lowest BCUT2D eigenvalue weighted by Crippen LogP contribution is -2.68. The summed E-state index contributed by atoms with van der Waals surface area (Å²) in [5, 5.41) is 0. The molecule has 0 N–H and O–H groups in total. The van der Waals surface area contributed by atoms with Gasteiger partial charge in [-0.25, -0.2) is 0 Å². The summed E-state index contributed by atoms with van der Waals surface area (Å²) in [4.78, 5) is 32.2. The number of likely N-dealkylation sites (tertiary alicyclic amines) is 3. The fraction of sp³-hybridized carbons (Fsp3) is 0.636. The number of carbonyl (C=O) groups is 2. The molecule has 0 aliphatic carbocycles. The molecule has 0 aromatic heterocycles. The average Bonchev–Trinajstić information content (AvgIpc) is 3.30. The number of nitrogens with zero attached hydrogens (tertiary/aromatic N) is 3. The van der Waals surface area contributed by atoms with Gasteiger partial charge in [-0.15, -0.1) is 0 Å². The first-order chi connectivity index (χ1) is 14.1. The SMILES string of the molecule is COc1ccc(OC)c(C(=O)N2CCC[C@]3(CCN3CC(=O)N3CCCC3)C2)c1. The minimum Gasteiger partial charge on any atom is -0.497 e. The summed E-state index contributed by atoms with van der Waals surface area (Å²) in [6, 6.07) is 5.32. The average molecular weight is 402 g/mol. The minimum absolute atomic E-state index is 0.0301. The maximum Gasteiger partial charge on any atom is 0.257 e. The van der Waals surface area contributed by atoms with Gasteiger partial charge in [0.25, 0.3) is 5.91 Å². The Kier molecular flexibility index (Phi) is 5.67. The van der Waals surface area contributed by atoms with Crippen LogP contribution in [0.2, 0.25) is 0 Å². The van der Waals surface area contributed by atoms with Gasteiger partial charge in [0.2, 0.25) is 5.91 Å². The predicted molar refractivity (Wildman–Crippen MR) is 109 cm³/mol. The van der Waals surface area contributed by atoms with E-state index in [2.05, 4.69) is 4.90 Å². The summed E-state index contributed by atoms with van der Waals surface area (Å²) >= 11 is 0. The van der Waals surface area contributed by atoms with Gasteiger partial charge in [0.05, 0.1) is 26.3 Å². The maximum absolute atomic E-state index is 13.3. The number of amides is 2. The van der Waals surface area contributed by atoms with E-state index in [1.54, 1.807) is 32.4 Å². The van der Waals surface area contributed by atoms with E-state index in [4.69, 9.17) is 9.47 Å². The smallest absolute Gasteiger partial charge is 0.257 e. The van der Waals surface area contributed by atoms with Crippen molar-refractivity contribution in [2.24, 2.45) is 0 Å². The number of hydrogen-bond acceptors (Lipinski definition) is 5. The Balaban J connectivity index is 1.46. The van der Waals surface area contributed by atoms with Crippen LogP contribution in [0, 0.1) is 0 Å². The van der Waals surface area contributed by atoms with E-state index >= 15 is 0 Å². The fourth-order valence-electron chi connectivity index (χ4n) is 4.96. The molecule has 3 fully saturated rings. The van der Waals surface area contributed by atoms with Crippen LogP contribution in [0.4, 0.5) is 0 Å². The van der Waals surface area contributed by atoms with Crippen molar-refractivity contribution in [1.82, 2.24) is 14.7 Å². The maximum atomic E-state index is 13.3.